The van der Waals surface area contributed by atoms with E-state index < -0.39 is 12.9 Å². The third kappa shape index (κ3) is 5.74. The lowest BCUT2D eigenvalue weighted by Crippen LogP contribution is -2.25. The van der Waals surface area contributed by atoms with E-state index in [0.29, 0.717) is 35.8 Å². The number of para-hydroxylation sites is 1. The molecule has 2 aromatic heterocycles. The molecule has 3 aromatic rings. The van der Waals surface area contributed by atoms with Crippen LogP contribution in [-0.4, -0.2) is 63.5 Å². The van der Waals surface area contributed by atoms with Crippen LogP contribution in [0.15, 0.2) is 30.5 Å². The highest BCUT2D eigenvalue weighted by molar-refractivity contribution is 6.00. The normalized spacial score (nSPS) is 14.1. The van der Waals surface area contributed by atoms with Crippen molar-refractivity contribution in [2.45, 2.75) is 26.3 Å². The molecule has 0 unspecified atom stereocenters. The number of rotatable bonds is 10. The Morgan fingerprint density at radius 3 is 2.78 bits per heavy atom. The Kier molecular flexibility index (Phi) is 6.24. The molecule has 2 heterocycles. The van der Waals surface area contributed by atoms with Crippen LogP contribution in [0.4, 0.5) is 17.2 Å². The highest BCUT2D eigenvalue weighted by Gasteiger charge is 2.30. The van der Waals surface area contributed by atoms with Crippen molar-refractivity contribution in [2.75, 3.05) is 31.3 Å². The van der Waals surface area contributed by atoms with Crippen LogP contribution in [0.2, 0.25) is 0 Å². The van der Waals surface area contributed by atoms with Crippen molar-refractivity contribution in [1.82, 2.24) is 35.8 Å². The zero-order chi connectivity index (χ0) is 28.2. The molecule has 0 atom stereocenters. The SMILES string of the molecule is [2H]C([2H])([2H])NC(=O)c1nnc(NC(=O)C2CC2)cc1Nc1cccc(-c2cnn(CCNC(C)=O)n2)c1OC. The van der Waals surface area contributed by atoms with Gasteiger partial charge in [-0.2, -0.15) is 15.0 Å². The lowest BCUT2D eigenvalue weighted by molar-refractivity contribution is -0.119. The van der Waals surface area contributed by atoms with Crippen LogP contribution >= 0.6 is 0 Å². The quantitative estimate of drug-likeness (QED) is 0.324. The number of anilines is 3. The number of hydrogen-bond acceptors (Lipinski definition) is 9. The van der Waals surface area contributed by atoms with Gasteiger partial charge in [0.25, 0.3) is 5.91 Å². The van der Waals surface area contributed by atoms with E-state index in [2.05, 4.69) is 36.3 Å². The summed E-state index contributed by atoms with van der Waals surface area (Å²) in [6.07, 6.45) is 3.11. The van der Waals surface area contributed by atoms with Gasteiger partial charge in [-0.25, -0.2) is 0 Å². The number of aromatic nitrogens is 5. The summed E-state index contributed by atoms with van der Waals surface area (Å²) in [6, 6.07) is 6.56. The van der Waals surface area contributed by atoms with Crippen LogP contribution in [0.5, 0.6) is 5.75 Å². The van der Waals surface area contributed by atoms with Gasteiger partial charge in [-0.3, -0.25) is 14.4 Å². The summed E-state index contributed by atoms with van der Waals surface area (Å²) in [6.45, 7) is -0.609. The lowest BCUT2D eigenvalue weighted by Gasteiger charge is -2.16. The molecule has 188 valence electrons. The van der Waals surface area contributed by atoms with E-state index in [4.69, 9.17) is 8.85 Å². The van der Waals surface area contributed by atoms with E-state index in [1.54, 1.807) is 24.4 Å². The first-order valence-corrected chi connectivity index (χ1v) is 11.1. The Hall–Kier alpha value is -4.55. The first-order valence-electron chi connectivity index (χ1n) is 12.6. The Morgan fingerprint density at radius 2 is 2.06 bits per heavy atom. The Balaban J connectivity index is 1.65. The van der Waals surface area contributed by atoms with Gasteiger partial charge in [0.05, 0.1) is 31.2 Å². The maximum atomic E-state index is 12.7. The van der Waals surface area contributed by atoms with Gasteiger partial charge in [0.2, 0.25) is 11.8 Å². The third-order valence-electron chi connectivity index (χ3n) is 5.31. The van der Waals surface area contributed by atoms with Crippen LogP contribution in [0.25, 0.3) is 11.3 Å². The van der Waals surface area contributed by atoms with Gasteiger partial charge in [0, 0.05) is 42.1 Å². The standard InChI is InChI=1S/C23H27N9O4/c1-13(33)25-9-10-32-26-12-18(31-32)15-5-4-6-16(21(15)36-3)27-17-11-19(28-22(34)14-7-8-14)29-30-20(17)23(35)24-2/h4-6,11-12,14H,7-10H2,1-3H3,(H,24,35)(H,25,33)(H2,27,28,29,34)/i2D3. The molecule has 1 saturated carbocycles. The highest BCUT2D eigenvalue weighted by Crippen LogP contribution is 2.37. The molecule has 13 heteroatoms. The number of benzene rings is 1. The Bertz CT molecular complexity index is 1390. The Morgan fingerprint density at radius 1 is 1.22 bits per heavy atom. The fourth-order valence-corrected chi connectivity index (χ4v) is 3.41. The summed E-state index contributed by atoms with van der Waals surface area (Å²) in [7, 11) is 1.46. The molecule has 1 fully saturated rings. The van der Waals surface area contributed by atoms with Crippen LogP contribution in [-0.2, 0) is 16.1 Å². The average Bonchev–Trinajstić information content (AvgIpc) is 3.61. The molecule has 0 radical (unpaired) electrons. The second kappa shape index (κ2) is 10.8. The molecule has 0 aliphatic heterocycles. The fourth-order valence-electron chi connectivity index (χ4n) is 3.41. The van der Waals surface area contributed by atoms with E-state index in [1.165, 1.54) is 24.9 Å². The first kappa shape index (κ1) is 20.8. The smallest absolute Gasteiger partial charge is 0.273 e. The van der Waals surface area contributed by atoms with Crippen molar-refractivity contribution in [3.8, 4) is 17.0 Å². The van der Waals surface area contributed by atoms with Gasteiger partial charge < -0.3 is 26.0 Å². The second-order valence-electron chi connectivity index (χ2n) is 8.03. The zero-order valence-electron chi connectivity index (χ0n) is 22.7. The number of nitrogens with zero attached hydrogens (tertiary/aromatic N) is 5. The van der Waals surface area contributed by atoms with Gasteiger partial charge in [-0.1, -0.05) is 6.07 Å². The van der Waals surface area contributed by atoms with Crippen molar-refractivity contribution >= 4 is 34.9 Å². The summed E-state index contributed by atoms with van der Waals surface area (Å²) in [4.78, 5) is 37.5. The number of nitrogens with one attached hydrogen (secondary N) is 4. The Labute approximate surface area is 211 Å². The topological polar surface area (TPSA) is 165 Å². The van der Waals surface area contributed by atoms with Crippen LogP contribution in [0.1, 0.15) is 34.4 Å². The van der Waals surface area contributed by atoms with Crippen LogP contribution < -0.4 is 26.0 Å². The zero-order valence-corrected chi connectivity index (χ0v) is 19.7. The van der Waals surface area contributed by atoms with Gasteiger partial charge in [-0.05, 0) is 25.0 Å². The van der Waals surface area contributed by atoms with E-state index >= 15 is 0 Å². The van der Waals surface area contributed by atoms with Crippen molar-refractivity contribution in [3.63, 3.8) is 0 Å². The maximum Gasteiger partial charge on any atom is 0.273 e. The molecule has 1 aromatic carbocycles. The summed E-state index contributed by atoms with van der Waals surface area (Å²) in [5.74, 6) is -0.995. The van der Waals surface area contributed by atoms with Crippen LogP contribution in [0.3, 0.4) is 0 Å². The monoisotopic (exact) mass is 496 g/mol. The number of methoxy groups -OCH3 is 1. The van der Waals surface area contributed by atoms with Crippen molar-refractivity contribution in [2.24, 2.45) is 5.92 Å². The predicted octanol–water partition coefficient (Wildman–Crippen LogP) is 1.33. The van der Waals surface area contributed by atoms with E-state index in [0.717, 1.165) is 12.8 Å². The van der Waals surface area contributed by atoms with Crippen molar-refractivity contribution < 1.29 is 23.2 Å². The summed E-state index contributed by atoms with van der Waals surface area (Å²) in [5.41, 5.74) is 1.26. The molecular weight excluding hydrogens is 466 g/mol. The molecule has 36 heavy (non-hydrogen) atoms. The van der Waals surface area contributed by atoms with Crippen molar-refractivity contribution in [1.29, 1.82) is 0 Å². The molecule has 3 amide bonds. The number of amides is 3. The molecule has 4 N–H and O–H groups in total. The molecular formula is C23H27N9O4. The minimum atomic E-state index is -2.75. The maximum absolute atomic E-state index is 12.7. The number of ether oxygens (including phenoxy) is 1. The molecule has 1 aliphatic carbocycles. The minimum Gasteiger partial charge on any atom is -0.494 e. The summed E-state index contributed by atoms with van der Waals surface area (Å²) in [5, 5.41) is 26.7. The highest BCUT2D eigenvalue weighted by atomic mass is 16.5. The summed E-state index contributed by atoms with van der Waals surface area (Å²) >= 11 is 0. The molecule has 4 rings (SSSR count). The van der Waals surface area contributed by atoms with Crippen LogP contribution in [0, 0.1) is 5.92 Å². The van der Waals surface area contributed by atoms with Gasteiger partial charge >= 0.3 is 0 Å². The van der Waals surface area contributed by atoms with E-state index in [9.17, 15) is 14.4 Å². The predicted molar refractivity (Wildman–Crippen MR) is 131 cm³/mol. The average molecular weight is 497 g/mol. The number of carbonyl (C=O) groups excluding carboxylic acids is 3. The first-order chi connectivity index (χ1) is 18.5. The van der Waals surface area contributed by atoms with Gasteiger partial charge in [-0.15, -0.1) is 10.2 Å². The molecule has 13 nitrogen and oxygen atoms in total. The van der Waals surface area contributed by atoms with E-state index in [1.807, 2.05) is 5.32 Å². The molecule has 1 aliphatic rings. The largest absolute Gasteiger partial charge is 0.494 e. The van der Waals surface area contributed by atoms with Gasteiger partial charge in [0.15, 0.2) is 17.3 Å². The number of hydrogen-bond donors (Lipinski definition) is 4. The molecule has 0 bridgehead atoms. The summed E-state index contributed by atoms with van der Waals surface area (Å²) < 4.78 is 27.7. The lowest BCUT2D eigenvalue weighted by atomic mass is 10.1. The fraction of sp³-hybridized carbons (Fsp3) is 0.348. The van der Waals surface area contributed by atoms with Gasteiger partial charge in [0.1, 0.15) is 5.69 Å². The van der Waals surface area contributed by atoms with Crippen molar-refractivity contribution in [3.05, 3.63) is 36.2 Å². The number of carbonyl (C=O) groups is 3. The molecule has 0 saturated heterocycles. The second-order valence-corrected chi connectivity index (χ2v) is 8.03. The minimum absolute atomic E-state index is 0.0901. The van der Waals surface area contributed by atoms with E-state index in [-0.39, 0.29) is 34.9 Å². The third-order valence-corrected chi connectivity index (χ3v) is 5.31. The molecule has 0 spiro atoms.